The van der Waals surface area contributed by atoms with Crippen molar-refractivity contribution in [3.63, 3.8) is 0 Å². The zero-order chi connectivity index (χ0) is 12.7. The highest BCUT2D eigenvalue weighted by Crippen LogP contribution is 2.03. The Morgan fingerprint density at radius 1 is 1.18 bits per heavy atom. The molecule has 0 saturated heterocycles. The molecule has 0 heterocycles. The smallest absolute Gasteiger partial charge is 0.0249 e. The zero-order valence-electron chi connectivity index (χ0n) is 10.7. The first kappa shape index (κ1) is 13.1. The molecule has 0 nitrogen and oxygen atoms in total. The van der Waals surface area contributed by atoms with Gasteiger partial charge in [0.15, 0.2) is 0 Å². The molecule has 1 aromatic rings. The van der Waals surface area contributed by atoms with Gasteiger partial charge in [-0.1, -0.05) is 53.8 Å². The van der Waals surface area contributed by atoms with Crippen LogP contribution in [0.1, 0.15) is 25.0 Å². The van der Waals surface area contributed by atoms with E-state index in [1.165, 1.54) is 5.56 Å². The van der Waals surface area contributed by atoms with Gasteiger partial charge in [-0.25, -0.2) is 0 Å². The van der Waals surface area contributed by atoms with Crippen LogP contribution in [0.15, 0.2) is 60.2 Å². The van der Waals surface area contributed by atoms with Crippen molar-refractivity contribution in [1.29, 1.82) is 0 Å². The average molecular weight is 222 g/mol. The van der Waals surface area contributed by atoms with Gasteiger partial charge in [0.25, 0.3) is 0 Å². The monoisotopic (exact) mass is 222 g/mol. The summed E-state index contributed by atoms with van der Waals surface area (Å²) in [7, 11) is 0. The first-order chi connectivity index (χ1) is 8.11. The van der Waals surface area contributed by atoms with Crippen LogP contribution >= 0.6 is 0 Å². The van der Waals surface area contributed by atoms with Crippen LogP contribution in [-0.2, 0) is 0 Å². The lowest BCUT2D eigenvalue weighted by atomic mass is 10.1. The average Bonchev–Trinajstić information content (AvgIpc) is 2.31. The molecule has 0 unspecified atom stereocenters. The van der Waals surface area contributed by atoms with Gasteiger partial charge < -0.3 is 0 Å². The summed E-state index contributed by atoms with van der Waals surface area (Å²) in [5, 5.41) is 0. The molecule has 0 amide bonds. The lowest BCUT2D eigenvalue weighted by molar-refractivity contribution is 1.46. The van der Waals surface area contributed by atoms with Crippen molar-refractivity contribution in [1.82, 2.24) is 0 Å². The fourth-order valence-corrected chi connectivity index (χ4v) is 1.22. The molecule has 86 valence electrons. The second-order valence-electron chi connectivity index (χ2n) is 4.04. The van der Waals surface area contributed by atoms with Crippen molar-refractivity contribution in [2.45, 2.75) is 20.8 Å². The van der Waals surface area contributed by atoms with E-state index in [2.05, 4.69) is 37.5 Å². The van der Waals surface area contributed by atoms with E-state index in [1.54, 1.807) is 0 Å². The second-order valence-corrected chi connectivity index (χ2v) is 4.04. The molecule has 1 aromatic carbocycles. The number of hydrogen-bond donors (Lipinski definition) is 0. The van der Waals surface area contributed by atoms with Crippen LogP contribution in [0.25, 0.3) is 0 Å². The number of allylic oxidation sites excluding steroid dienone is 5. The third kappa shape index (κ3) is 5.04. The summed E-state index contributed by atoms with van der Waals surface area (Å²) in [4.78, 5) is 0. The lowest BCUT2D eigenvalue weighted by Crippen LogP contribution is -1.77. The van der Waals surface area contributed by atoms with Gasteiger partial charge in [0.05, 0.1) is 0 Å². The van der Waals surface area contributed by atoms with Crippen molar-refractivity contribution in [3.05, 3.63) is 71.3 Å². The van der Waals surface area contributed by atoms with Gasteiger partial charge in [-0.05, 0) is 39.0 Å². The van der Waals surface area contributed by atoms with Crippen LogP contribution in [0, 0.1) is 18.8 Å². The van der Waals surface area contributed by atoms with Gasteiger partial charge in [-0.15, -0.1) is 0 Å². The van der Waals surface area contributed by atoms with Crippen LogP contribution in [0.3, 0.4) is 0 Å². The Bertz CT molecular complexity index is 499. The van der Waals surface area contributed by atoms with Crippen LogP contribution in [0.5, 0.6) is 0 Å². The molecule has 0 spiro atoms. The fourth-order valence-electron chi connectivity index (χ4n) is 1.22. The van der Waals surface area contributed by atoms with E-state index in [9.17, 15) is 0 Å². The Morgan fingerprint density at radius 3 is 2.35 bits per heavy atom. The van der Waals surface area contributed by atoms with Gasteiger partial charge in [0.2, 0.25) is 0 Å². The standard InChI is InChI=1S/C17H18/c1-5-16(9-6-14(2)3)12-13-17-10-7-15(4)8-11-17/h5-11H,2H2,1,3-4H3/b9-6-,16-5+. The van der Waals surface area contributed by atoms with Crippen LogP contribution in [0.2, 0.25) is 0 Å². The highest BCUT2D eigenvalue weighted by Gasteiger charge is 1.87. The van der Waals surface area contributed by atoms with Gasteiger partial charge in [-0.3, -0.25) is 0 Å². The molecule has 0 aromatic heterocycles. The Kier molecular flexibility index (Phi) is 5.04. The summed E-state index contributed by atoms with van der Waals surface area (Å²) in [5.74, 6) is 6.29. The van der Waals surface area contributed by atoms with Crippen molar-refractivity contribution < 1.29 is 0 Å². The van der Waals surface area contributed by atoms with Crippen molar-refractivity contribution >= 4 is 0 Å². The zero-order valence-corrected chi connectivity index (χ0v) is 10.7. The van der Waals surface area contributed by atoms with Crippen LogP contribution < -0.4 is 0 Å². The number of benzene rings is 1. The van der Waals surface area contributed by atoms with E-state index in [-0.39, 0.29) is 0 Å². The molecule has 0 radical (unpaired) electrons. The molecule has 0 atom stereocenters. The molecule has 17 heavy (non-hydrogen) atoms. The van der Waals surface area contributed by atoms with Crippen LogP contribution in [-0.4, -0.2) is 0 Å². The predicted octanol–water partition coefficient (Wildman–Crippen LogP) is 4.43. The topological polar surface area (TPSA) is 0 Å². The van der Waals surface area contributed by atoms with E-state index >= 15 is 0 Å². The maximum atomic E-state index is 3.83. The van der Waals surface area contributed by atoms with Gasteiger partial charge >= 0.3 is 0 Å². The summed E-state index contributed by atoms with van der Waals surface area (Å²) in [6.07, 6.45) is 5.96. The van der Waals surface area contributed by atoms with Crippen LogP contribution in [0.4, 0.5) is 0 Å². The summed E-state index contributed by atoms with van der Waals surface area (Å²) in [5.41, 5.74) is 4.33. The number of aryl methyl sites for hydroxylation is 1. The molecule has 0 saturated carbocycles. The predicted molar refractivity (Wildman–Crippen MR) is 75.8 cm³/mol. The lowest BCUT2D eigenvalue weighted by Gasteiger charge is -1.92. The molecule has 0 heteroatoms. The summed E-state index contributed by atoms with van der Waals surface area (Å²) in [6.45, 7) is 9.86. The first-order valence-electron chi connectivity index (χ1n) is 5.70. The van der Waals surface area contributed by atoms with E-state index in [1.807, 2.05) is 44.2 Å². The third-order valence-corrected chi connectivity index (χ3v) is 2.26. The van der Waals surface area contributed by atoms with E-state index < -0.39 is 0 Å². The molecule has 0 aliphatic rings. The van der Waals surface area contributed by atoms with E-state index in [0.717, 1.165) is 16.7 Å². The normalized spacial score (nSPS) is 11.1. The highest BCUT2D eigenvalue weighted by atomic mass is 13.9. The number of rotatable bonds is 2. The van der Waals surface area contributed by atoms with Crippen molar-refractivity contribution in [3.8, 4) is 11.8 Å². The maximum Gasteiger partial charge on any atom is 0.0249 e. The Morgan fingerprint density at radius 2 is 1.82 bits per heavy atom. The van der Waals surface area contributed by atoms with Gasteiger partial charge in [0, 0.05) is 11.1 Å². The third-order valence-electron chi connectivity index (χ3n) is 2.26. The van der Waals surface area contributed by atoms with Crippen molar-refractivity contribution in [2.24, 2.45) is 0 Å². The fraction of sp³-hybridized carbons (Fsp3) is 0.176. The molecule has 0 bridgehead atoms. The molecule has 1 rings (SSSR count). The molecular weight excluding hydrogens is 204 g/mol. The Balaban J connectivity index is 2.83. The largest absolute Gasteiger partial charge is 0.0961 e. The highest BCUT2D eigenvalue weighted by molar-refractivity contribution is 5.46. The molecule has 0 aliphatic heterocycles. The Labute approximate surface area is 104 Å². The first-order valence-corrected chi connectivity index (χ1v) is 5.70. The summed E-state index contributed by atoms with van der Waals surface area (Å²) in [6, 6.07) is 8.22. The van der Waals surface area contributed by atoms with E-state index in [0.29, 0.717) is 0 Å². The van der Waals surface area contributed by atoms with E-state index in [4.69, 9.17) is 0 Å². The summed E-state index contributed by atoms with van der Waals surface area (Å²) >= 11 is 0. The molecule has 0 fully saturated rings. The molecule has 0 aliphatic carbocycles. The minimum Gasteiger partial charge on any atom is -0.0961 e. The minimum absolute atomic E-state index is 1.01. The quantitative estimate of drug-likeness (QED) is 0.513. The van der Waals surface area contributed by atoms with Gasteiger partial charge in [0.1, 0.15) is 0 Å². The second kappa shape index (κ2) is 6.55. The Hall–Kier alpha value is -2.00. The molecular formula is C17H18. The maximum absolute atomic E-state index is 3.83. The van der Waals surface area contributed by atoms with Gasteiger partial charge in [-0.2, -0.15) is 0 Å². The minimum atomic E-state index is 1.01. The molecule has 0 N–H and O–H groups in total. The van der Waals surface area contributed by atoms with Crippen molar-refractivity contribution in [2.75, 3.05) is 0 Å². The number of hydrogen-bond acceptors (Lipinski definition) is 0. The summed E-state index contributed by atoms with van der Waals surface area (Å²) < 4.78 is 0. The SMILES string of the molecule is C=C(C)/C=C\C(C#Cc1ccc(C)cc1)=C/C.